The number of phenols is 1. The second-order valence-corrected chi connectivity index (χ2v) is 7.33. The molecule has 7 nitrogen and oxygen atoms in total. The first-order chi connectivity index (χ1) is 14.5. The molecule has 0 aliphatic carbocycles. The predicted molar refractivity (Wildman–Crippen MR) is 117 cm³/mol. The van der Waals surface area contributed by atoms with Gasteiger partial charge in [0.2, 0.25) is 5.75 Å². The number of hydrogen-bond donors (Lipinski definition) is 1. The Labute approximate surface area is 178 Å². The Kier molecular flexibility index (Phi) is 6.68. The highest BCUT2D eigenvalue weighted by Gasteiger charge is 2.16. The lowest BCUT2D eigenvalue weighted by Gasteiger charge is -2.09. The van der Waals surface area contributed by atoms with Gasteiger partial charge in [-0.25, -0.2) is 4.98 Å². The number of methoxy groups -OCH3 is 3. The highest BCUT2D eigenvalue weighted by atomic mass is 32.1. The van der Waals surface area contributed by atoms with Crippen LogP contribution in [-0.2, 0) is 0 Å². The zero-order valence-electron chi connectivity index (χ0n) is 17.1. The fraction of sp³-hybridized carbons (Fsp3) is 0.227. The predicted octanol–water partition coefficient (Wildman–Crippen LogP) is 4.15. The average molecular weight is 426 g/mol. The Morgan fingerprint density at radius 3 is 2.30 bits per heavy atom. The number of ether oxygens (including phenoxy) is 3. The maximum Gasteiger partial charge on any atom is 0.200 e. The first kappa shape index (κ1) is 21.3. The molecule has 1 aromatic heterocycles. The minimum Gasteiger partial charge on any atom is -0.502 e. The van der Waals surface area contributed by atoms with E-state index in [-0.39, 0.29) is 29.6 Å². The highest BCUT2D eigenvalue weighted by molar-refractivity contribution is 7.17. The van der Waals surface area contributed by atoms with Gasteiger partial charge < -0.3 is 19.3 Å². The third kappa shape index (κ3) is 4.60. The lowest BCUT2D eigenvalue weighted by atomic mass is 10.2. The Balaban J connectivity index is 1.74. The van der Waals surface area contributed by atoms with Crippen molar-refractivity contribution >= 4 is 23.3 Å². The molecule has 0 amide bonds. The number of aliphatic imine (C=N–C) groups is 1. The van der Waals surface area contributed by atoms with Gasteiger partial charge in [0, 0.05) is 11.8 Å². The number of thiazole rings is 1. The van der Waals surface area contributed by atoms with Crippen molar-refractivity contribution in [2.45, 2.75) is 6.92 Å². The molecule has 1 N–H and O–H groups in total. The number of Topliss-reactive ketones (excluding diaryl/α,β-unsaturated/α-hetero) is 1. The maximum absolute atomic E-state index is 12.6. The van der Waals surface area contributed by atoms with E-state index in [1.807, 2.05) is 31.2 Å². The second kappa shape index (κ2) is 9.41. The van der Waals surface area contributed by atoms with Crippen LogP contribution in [0.4, 0.5) is 0 Å². The van der Waals surface area contributed by atoms with Gasteiger partial charge in [0.05, 0.1) is 31.9 Å². The molecule has 0 atom stereocenters. The summed E-state index contributed by atoms with van der Waals surface area (Å²) < 4.78 is 15.4. The van der Waals surface area contributed by atoms with E-state index in [9.17, 15) is 9.90 Å². The normalized spacial score (nSPS) is 10.9. The van der Waals surface area contributed by atoms with Crippen molar-refractivity contribution in [2.24, 2.45) is 4.99 Å². The molecular formula is C22H22N2O5S. The van der Waals surface area contributed by atoms with Crippen molar-refractivity contribution in [1.29, 1.82) is 0 Å². The van der Waals surface area contributed by atoms with E-state index >= 15 is 0 Å². The fourth-order valence-electron chi connectivity index (χ4n) is 2.81. The molecule has 0 radical (unpaired) electrons. The van der Waals surface area contributed by atoms with Crippen molar-refractivity contribution < 1.29 is 24.1 Å². The summed E-state index contributed by atoms with van der Waals surface area (Å²) in [5, 5.41) is 10.7. The van der Waals surface area contributed by atoms with Crippen LogP contribution in [0.2, 0.25) is 0 Å². The zero-order valence-corrected chi connectivity index (χ0v) is 17.9. The van der Waals surface area contributed by atoms with E-state index in [1.165, 1.54) is 25.6 Å². The first-order valence-electron chi connectivity index (χ1n) is 9.06. The van der Waals surface area contributed by atoms with Crippen LogP contribution in [0, 0.1) is 6.92 Å². The van der Waals surface area contributed by atoms with Crippen LogP contribution < -0.4 is 14.2 Å². The average Bonchev–Trinajstić information content (AvgIpc) is 3.16. The number of rotatable bonds is 8. The second-order valence-electron chi connectivity index (χ2n) is 6.33. The van der Waals surface area contributed by atoms with Crippen LogP contribution in [0.1, 0.15) is 20.9 Å². The van der Waals surface area contributed by atoms with Crippen LogP contribution in [-0.4, -0.2) is 50.0 Å². The Bertz CT molecular complexity index is 1050. The van der Waals surface area contributed by atoms with Crippen molar-refractivity contribution in [3.8, 4) is 33.6 Å². The Hall–Kier alpha value is -3.39. The number of hydrogen-bond acceptors (Lipinski definition) is 8. The number of nitrogens with zero attached hydrogens (tertiary/aromatic N) is 2. The maximum atomic E-state index is 12.6. The Morgan fingerprint density at radius 1 is 1.10 bits per heavy atom. The molecule has 2 aromatic carbocycles. The van der Waals surface area contributed by atoms with Crippen LogP contribution in [0.3, 0.4) is 0 Å². The van der Waals surface area contributed by atoms with Gasteiger partial charge >= 0.3 is 0 Å². The summed E-state index contributed by atoms with van der Waals surface area (Å²) in [5.41, 5.74) is 2.25. The van der Waals surface area contributed by atoms with Gasteiger partial charge in [-0.2, -0.15) is 0 Å². The summed E-state index contributed by atoms with van der Waals surface area (Å²) >= 11 is 1.35. The fourth-order valence-corrected chi connectivity index (χ4v) is 3.81. The number of phenolic OH excluding ortho intramolecular Hbond substituents is 1. The van der Waals surface area contributed by atoms with Crippen LogP contribution in [0.25, 0.3) is 10.6 Å². The smallest absolute Gasteiger partial charge is 0.200 e. The van der Waals surface area contributed by atoms with Gasteiger partial charge in [-0.1, -0.05) is 0 Å². The number of ketones is 1. The molecule has 0 saturated carbocycles. The minimum atomic E-state index is -0.112. The van der Waals surface area contributed by atoms with Crippen LogP contribution in [0.15, 0.2) is 41.4 Å². The molecule has 0 fully saturated rings. The third-order valence-electron chi connectivity index (χ3n) is 4.36. The Morgan fingerprint density at radius 2 is 1.73 bits per heavy atom. The summed E-state index contributed by atoms with van der Waals surface area (Å²) in [6.45, 7) is 1.80. The molecule has 3 rings (SSSR count). The molecule has 156 valence electrons. The molecule has 0 spiro atoms. The molecule has 0 aliphatic rings. The van der Waals surface area contributed by atoms with Gasteiger partial charge in [-0.05, 0) is 48.9 Å². The van der Waals surface area contributed by atoms with Crippen molar-refractivity contribution in [3.05, 3.63) is 52.5 Å². The number of carbonyl (C=O) groups is 1. The van der Waals surface area contributed by atoms with Crippen molar-refractivity contribution in [3.63, 3.8) is 0 Å². The van der Waals surface area contributed by atoms with Crippen molar-refractivity contribution in [1.82, 2.24) is 4.98 Å². The van der Waals surface area contributed by atoms with E-state index in [0.717, 1.165) is 16.3 Å². The summed E-state index contributed by atoms with van der Waals surface area (Å²) in [5.74, 6) is 1.10. The van der Waals surface area contributed by atoms with Gasteiger partial charge in [-0.3, -0.25) is 9.79 Å². The van der Waals surface area contributed by atoms with Gasteiger partial charge in [0.1, 0.15) is 17.3 Å². The van der Waals surface area contributed by atoms with Crippen LogP contribution in [0.5, 0.6) is 23.0 Å². The van der Waals surface area contributed by atoms with E-state index < -0.39 is 0 Å². The summed E-state index contributed by atoms with van der Waals surface area (Å²) in [4.78, 5) is 22.0. The number of aryl methyl sites for hydroxylation is 1. The molecule has 0 aliphatic heterocycles. The lowest BCUT2D eigenvalue weighted by molar-refractivity contribution is 0.100. The van der Waals surface area contributed by atoms with Crippen molar-refractivity contribution in [2.75, 3.05) is 27.9 Å². The minimum absolute atomic E-state index is 0.0173. The monoisotopic (exact) mass is 426 g/mol. The van der Waals surface area contributed by atoms with Gasteiger partial charge in [-0.15, -0.1) is 11.3 Å². The van der Waals surface area contributed by atoms with E-state index in [0.29, 0.717) is 16.1 Å². The quantitative estimate of drug-likeness (QED) is 0.430. The highest BCUT2D eigenvalue weighted by Crippen LogP contribution is 2.36. The molecule has 0 bridgehead atoms. The van der Waals surface area contributed by atoms with Gasteiger partial charge in [0.25, 0.3) is 0 Å². The first-order valence-corrected chi connectivity index (χ1v) is 9.88. The molecular weight excluding hydrogens is 404 g/mol. The number of aromatic hydroxyl groups is 1. The summed E-state index contributed by atoms with van der Waals surface area (Å²) in [7, 11) is 4.52. The molecule has 30 heavy (non-hydrogen) atoms. The SMILES string of the molecule is COc1ccc(-c2nc(C)c(C(=O)CN=Cc3cc(OC)c(O)c(OC)c3)s2)cc1. The topological polar surface area (TPSA) is 90.2 Å². The largest absolute Gasteiger partial charge is 0.502 e. The number of carbonyl (C=O) groups excluding carboxylic acids is 1. The number of benzene rings is 2. The molecule has 1 heterocycles. The summed E-state index contributed by atoms with van der Waals surface area (Å²) in [6.07, 6.45) is 1.54. The van der Waals surface area contributed by atoms with E-state index in [1.54, 1.807) is 25.5 Å². The van der Waals surface area contributed by atoms with Crippen LogP contribution >= 0.6 is 11.3 Å². The van der Waals surface area contributed by atoms with Gasteiger partial charge in [0.15, 0.2) is 17.3 Å². The zero-order chi connectivity index (χ0) is 21.7. The third-order valence-corrected chi connectivity index (χ3v) is 5.61. The lowest BCUT2D eigenvalue weighted by Crippen LogP contribution is -2.03. The van der Waals surface area contributed by atoms with E-state index in [4.69, 9.17) is 14.2 Å². The molecule has 3 aromatic rings. The molecule has 0 unspecified atom stereocenters. The van der Waals surface area contributed by atoms with E-state index in [2.05, 4.69) is 9.98 Å². The molecule has 0 saturated heterocycles. The molecule has 8 heteroatoms. The standard InChI is InChI=1S/C22H22N2O5S/c1-13-21(30-22(24-13)15-5-7-16(27-2)8-6-15)17(25)12-23-11-14-9-18(28-3)20(26)19(10-14)29-4/h5-11,26H,12H2,1-4H3. The summed E-state index contributed by atoms with van der Waals surface area (Å²) in [6, 6.07) is 10.8. The number of aromatic nitrogens is 1.